The average molecular weight is 347 g/mol. The molecule has 22 heavy (non-hydrogen) atoms. The lowest BCUT2D eigenvalue weighted by Gasteiger charge is -2.33. The third-order valence-corrected chi connectivity index (χ3v) is 5.85. The maximum Gasteiger partial charge on any atom is 0.409 e. The first-order valence-corrected chi connectivity index (χ1v) is 8.86. The van der Waals surface area contributed by atoms with Gasteiger partial charge in [0.2, 0.25) is 10.0 Å². The number of hydrogen-bond acceptors (Lipinski definition) is 4. The van der Waals surface area contributed by atoms with Crippen LogP contribution in [-0.4, -0.2) is 56.5 Å². The second-order valence-corrected chi connectivity index (χ2v) is 7.35. The number of nitrogens with zero attached hydrogens (tertiary/aromatic N) is 2. The smallest absolute Gasteiger partial charge is 0.409 e. The molecule has 0 atom stereocenters. The van der Waals surface area contributed by atoms with E-state index < -0.39 is 16.1 Å². The van der Waals surface area contributed by atoms with Crippen molar-refractivity contribution in [3.05, 3.63) is 28.8 Å². The first-order valence-electron chi connectivity index (χ1n) is 7.04. The Hall–Kier alpha value is -1.31. The SMILES string of the molecule is CCOC(=O)N1CCN(S(=O)(=O)c2ccc(Cl)c(C)c2)CC1. The van der Waals surface area contributed by atoms with E-state index in [1.165, 1.54) is 15.3 Å². The minimum absolute atomic E-state index is 0.221. The van der Waals surface area contributed by atoms with Gasteiger partial charge in [0.25, 0.3) is 0 Å². The van der Waals surface area contributed by atoms with Crippen LogP contribution in [0.3, 0.4) is 0 Å². The van der Waals surface area contributed by atoms with Gasteiger partial charge in [-0.3, -0.25) is 0 Å². The predicted octanol–water partition coefficient (Wildman–Crippen LogP) is 2.11. The molecular formula is C14H19ClN2O4S. The summed E-state index contributed by atoms with van der Waals surface area (Å²) in [5.74, 6) is 0. The number of hydrogen-bond donors (Lipinski definition) is 0. The molecule has 0 bridgehead atoms. The monoisotopic (exact) mass is 346 g/mol. The van der Waals surface area contributed by atoms with Crippen LogP contribution >= 0.6 is 11.6 Å². The number of amides is 1. The van der Waals surface area contributed by atoms with Crippen molar-refractivity contribution < 1.29 is 17.9 Å². The number of sulfonamides is 1. The molecule has 1 saturated heterocycles. The molecule has 122 valence electrons. The van der Waals surface area contributed by atoms with Gasteiger partial charge in [0.1, 0.15) is 0 Å². The van der Waals surface area contributed by atoms with Crippen molar-refractivity contribution in [2.75, 3.05) is 32.8 Å². The van der Waals surface area contributed by atoms with Crippen molar-refractivity contribution >= 4 is 27.7 Å². The van der Waals surface area contributed by atoms with Crippen LogP contribution in [0.25, 0.3) is 0 Å². The zero-order valence-electron chi connectivity index (χ0n) is 12.6. The van der Waals surface area contributed by atoms with E-state index in [4.69, 9.17) is 16.3 Å². The molecule has 0 unspecified atom stereocenters. The van der Waals surface area contributed by atoms with E-state index in [-0.39, 0.29) is 18.0 Å². The highest BCUT2D eigenvalue weighted by atomic mass is 35.5. The highest BCUT2D eigenvalue weighted by Gasteiger charge is 2.30. The minimum Gasteiger partial charge on any atom is -0.450 e. The number of halogens is 1. The Kier molecular flexibility index (Phi) is 5.31. The summed E-state index contributed by atoms with van der Waals surface area (Å²) in [6.45, 7) is 4.96. The van der Waals surface area contributed by atoms with Crippen LogP contribution < -0.4 is 0 Å². The van der Waals surface area contributed by atoms with Gasteiger partial charge in [0, 0.05) is 31.2 Å². The van der Waals surface area contributed by atoms with Crippen molar-refractivity contribution in [3.8, 4) is 0 Å². The lowest BCUT2D eigenvalue weighted by atomic mass is 10.2. The number of benzene rings is 1. The maximum atomic E-state index is 12.6. The Morgan fingerprint density at radius 2 is 1.91 bits per heavy atom. The summed E-state index contributed by atoms with van der Waals surface area (Å²) in [4.78, 5) is 13.4. The first-order chi connectivity index (χ1) is 10.4. The molecule has 2 rings (SSSR count). The zero-order valence-corrected chi connectivity index (χ0v) is 14.2. The van der Waals surface area contributed by atoms with Crippen LogP contribution in [0.2, 0.25) is 5.02 Å². The maximum absolute atomic E-state index is 12.6. The molecule has 1 amide bonds. The molecule has 0 N–H and O–H groups in total. The quantitative estimate of drug-likeness (QED) is 0.840. The largest absolute Gasteiger partial charge is 0.450 e. The summed E-state index contributed by atoms with van der Waals surface area (Å²) in [6.07, 6.45) is -0.401. The van der Waals surface area contributed by atoms with E-state index in [2.05, 4.69) is 0 Å². The van der Waals surface area contributed by atoms with Gasteiger partial charge in [-0.05, 0) is 37.6 Å². The minimum atomic E-state index is -3.57. The van der Waals surface area contributed by atoms with E-state index in [0.717, 1.165) is 0 Å². The molecule has 0 aromatic heterocycles. The summed E-state index contributed by atoms with van der Waals surface area (Å²) in [5, 5.41) is 0.533. The van der Waals surface area contributed by atoms with Gasteiger partial charge in [-0.2, -0.15) is 4.31 Å². The first kappa shape index (κ1) is 17.1. The summed E-state index contributed by atoms with van der Waals surface area (Å²) in [5.41, 5.74) is 0.716. The molecule has 0 saturated carbocycles. The summed E-state index contributed by atoms with van der Waals surface area (Å²) < 4.78 is 31.5. The summed E-state index contributed by atoms with van der Waals surface area (Å²) >= 11 is 5.93. The fourth-order valence-electron chi connectivity index (χ4n) is 2.25. The van der Waals surface area contributed by atoms with Crippen LogP contribution in [0, 0.1) is 6.92 Å². The molecule has 1 aliphatic heterocycles. The average Bonchev–Trinajstić information content (AvgIpc) is 2.50. The zero-order chi connectivity index (χ0) is 16.3. The predicted molar refractivity (Wildman–Crippen MR) is 83.5 cm³/mol. The van der Waals surface area contributed by atoms with Crippen LogP contribution in [-0.2, 0) is 14.8 Å². The lowest BCUT2D eigenvalue weighted by Crippen LogP contribution is -2.50. The Labute approximate surface area is 135 Å². The second-order valence-electron chi connectivity index (χ2n) is 5.00. The van der Waals surface area contributed by atoms with Gasteiger partial charge in [0.05, 0.1) is 11.5 Å². The van der Waals surface area contributed by atoms with Crippen molar-refractivity contribution in [1.82, 2.24) is 9.21 Å². The molecule has 1 aliphatic rings. The van der Waals surface area contributed by atoms with Gasteiger partial charge < -0.3 is 9.64 Å². The topological polar surface area (TPSA) is 66.9 Å². The normalized spacial score (nSPS) is 16.6. The second kappa shape index (κ2) is 6.85. The van der Waals surface area contributed by atoms with E-state index >= 15 is 0 Å². The van der Waals surface area contributed by atoms with Gasteiger partial charge in [-0.15, -0.1) is 0 Å². The molecule has 8 heteroatoms. The van der Waals surface area contributed by atoms with E-state index in [9.17, 15) is 13.2 Å². The van der Waals surface area contributed by atoms with Crippen molar-refractivity contribution in [3.63, 3.8) is 0 Å². The van der Waals surface area contributed by atoms with E-state index in [1.807, 2.05) is 0 Å². The van der Waals surface area contributed by atoms with Crippen LogP contribution in [0.4, 0.5) is 4.79 Å². The molecule has 0 spiro atoms. The Balaban J connectivity index is 2.09. The molecular weight excluding hydrogens is 328 g/mol. The molecule has 1 heterocycles. The van der Waals surface area contributed by atoms with Gasteiger partial charge >= 0.3 is 6.09 Å². The van der Waals surface area contributed by atoms with Crippen molar-refractivity contribution in [2.24, 2.45) is 0 Å². The summed E-state index contributed by atoms with van der Waals surface area (Å²) in [6, 6.07) is 4.65. The number of piperazine rings is 1. The molecule has 1 fully saturated rings. The third-order valence-electron chi connectivity index (χ3n) is 3.53. The third kappa shape index (κ3) is 3.53. The van der Waals surface area contributed by atoms with Crippen LogP contribution in [0.5, 0.6) is 0 Å². The number of ether oxygens (including phenoxy) is 1. The highest BCUT2D eigenvalue weighted by Crippen LogP contribution is 2.23. The molecule has 1 aromatic rings. The standard InChI is InChI=1S/C14H19ClN2O4S/c1-3-21-14(18)16-6-8-17(9-7-16)22(19,20)12-4-5-13(15)11(2)10-12/h4-5,10H,3,6-9H2,1-2H3. The van der Waals surface area contributed by atoms with Crippen molar-refractivity contribution in [2.45, 2.75) is 18.7 Å². The molecule has 1 aromatic carbocycles. The van der Waals surface area contributed by atoms with Crippen LogP contribution in [0.15, 0.2) is 23.1 Å². The number of carbonyl (C=O) groups excluding carboxylic acids is 1. The van der Waals surface area contributed by atoms with Gasteiger partial charge in [0.15, 0.2) is 0 Å². The molecule has 0 radical (unpaired) electrons. The number of aryl methyl sites for hydroxylation is 1. The summed E-state index contributed by atoms with van der Waals surface area (Å²) in [7, 11) is -3.57. The highest BCUT2D eigenvalue weighted by molar-refractivity contribution is 7.89. The Morgan fingerprint density at radius 3 is 2.45 bits per heavy atom. The lowest BCUT2D eigenvalue weighted by molar-refractivity contribution is 0.0934. The van der Waals surface area contributed by atoms with Gasteiger partial charge in [-0.1, -0.05) is 11.6 Å². The van der Waals surface area contributed by atoms with Crippen LogP contribution in [0.1, 0.15) is 12.5 Å². The number of carbonyl (C=O) groups is 1. The fraction of sp³-hybridized carbons (Fsp3) is 0.500. The Morgan fingerprint density at radius 1 is 1.27 bits per heavy atom. The van der Waals surface area contributed by atoms with Crippen molar-refractivity contribution in [1.29, 1.82) is 0 Å². The van der Waals surface area contributed by atoms with Gasteiger partial charge in [-0.25, -0.2) is 13.2 Å². The molecule has 6 nitrogen and oxygen atoms in total. The molecule has 0 aliphatic carbocycles. The van der Waals surface area contributed by atoms with E-state index in [0.29, 0.717) is 30.3 Å². The fourth-order valence-corrected chi connectivity index (χ4v) is 3.88. The number of rotatable bonds is 3. The van der Waals surface area contributed by atoms with E-state index in [1.54, 1.807) is 26.0 Å². The Bertz CT molecular complexity index is 655.